The predicted molar refractivity (Wildman–Crippen MR) is 103 cm³/mol. The Labute approximate surface area is 146 Å². The molecule has 3 heteroatoms. The van der Waals surface area contributed by atoms with Gasteiger partial charge in [0, 0.05) is 16.1 Å². The molecule has 0 N–H and O–H groups in total. The van der Waals surface area contributed by atoms with Crippen molar-refractivity contribution in [3.05, 3.63) is 70.2 Å². The monoisotopic (exact) mass is 332 g/mol. The maximum atomic E-state index is 4.92. The Kier molecular flexibility index (Phi) is 3.54. The lowest BCUT2D eigenvalue weighted by Gasteiger charge is -2.06. The minimum absolute atomic E-state index is 1.07. The highest BCUT2D eigenvalue weighted by molar-refractivity contribution is 7.17. The molecule has 0 aliphatic heterocycles. The summed E-state index contributed by atoms with van der Waals surface area (Å²) in [6.07, 6.45) is 0. The van der Waals surface area contributed by atoms with Crippen LogP contribution in [0.15, 0.2) is 48.5 Å². The van der Waals surface area contributed by atoms with Crippen molar-refractivity contribution in [2.24, 2.45) is 0 Å². The van der Waals surface area contributed by atoms with Crippen molar-refractivity contribution in [1.82, 2.24) is 9.38 Å². The van der Waals surface area contributed by atoms with Gasteiger partial charge in [-0.3, -0.25) is 4.40 Å². The Morgan fingerprint density at radius 1 is 0.750 bits per heavy atom. The lowest BCUT2D eigenvalue weighted by Crippen LogP contribution is -1.91. The van der Waals surface area contributed by atoms with Crippen LogP contribution in [-0.2, 0) is 0 Å². The molecule has 0 aliphatic rings. The van der Waals surface area contributed by atoms with Crippen molar-refractivity contribution >= 4 is 16.3 Å². The molecule has 120 valence electrons. The highest BCUT2D eigenvalue weighted by atomic mass is 32.1. The van der Waals surface area contributed by atoms with E-state index in [1.54, 1.807) is 11.3 Å². The molecule has 0 fully saturated rings. The molecule has 0 bridgehead atoms. The van der Waals surface area contributed by atoms with Crippen LogP contribution >= 0.6 is 11.3 Å². The predicted octanol–water partition coefficient (Wildman–Crippen LogP) is 5.96. The van der Waals surface area contributed by atoms with Crippen LogP contribution in [0, 0.1) is 27.7 Å². The molecule has 0 radical (unpaired) electrons. The summed E-state index contributed by atoms with van der Waals surface area (Å²) in [6.45, 7) is 8.58. The summed E-state index contributed by atoms with van der Waals surface area (Å²) in [5.74, 6) is 0. The van der Waals surface area contributed by atoms with Gasteiger partial charge in [0.05, 0.1) is 11.4 Å². The second kappa shape index (κ2) is 5.60. The SMILES string of the molecule is Cc1ccc(-c2nc3sc(C)c(-c4ccc(C)cc4)n3c2C)cc1. The quantitative estimate of drug-likeness (QED) is 0.442. The van der Waals surface area contributed by atoms with E-state index in [0.717, 1.165) is 10.7 Å². The fourth-order valence-electron chi connectivity index (χ4n) is 3.18. The van der Waals surface area contributed by atoms with Gasteiger partial charge in [0.1, 0.15) is 0 Å². The second-order valence-corrected chi connectivity index (χ2v) is 7.58. The molecule has 0 saturated carbocycles. The van der Waals surface area contributed by atoms with Crippen molar-refractivity contribution in [2.75, 3.05) is 0 Å². The molecular weight excluding hydrogens is 312 g/mol. The number of imidazole rings is 1. The van der Waals surface area contributed by atoms with E-state index in [4.69, 9.17) is 4.98 Å². The average molecular weight is 332 g/mol. The zero-order valence-corrected chi connectivity index (χ0v) is 15.2. The highest BCUT2D eigenvalue weighted by Crippen LogP contribution is 2.35. The summed E-state index contributed by atoms with van der Waals surface area (Å²) in [5, 5.41) is 0. The summed E-state index contributed by atoms with van der Waals surface area (Å²) in [6, 6.07) is 17.4. The highest BCUT2D eigenvalue weighted by Gasteiger charge is 2.18. The standard InChI is InChI=1S/C21H20N2S/c1-13-5-9-17(10-6-13)19-15(3)23-20(16(4)24-21(23)22-19)18-11-7-14(2)8-12-18/h5-12H,1-4H3. The smallest absolute Gasteiger partial charge is 0.195 e. The molecule has 0 amide bonds. The fraction of sp³-hybridized carbons (Fsp3) is 0.190. The number of nitrogens with zero attached hydrogens (tertiary/aromatic N) is 2. The van der Waals surface area contributed by atoms with Crippen LogP contribution in [0.2, 0.25) is 0 Å². The van der Waals surface area contributed by atoms with Gasteiger partial charge in [0.2, 0.25) is 0 Å². The lowest BCUT2D eigenvalue weighted by molar-refractivity contribution is 1.13. The fourth-order valence-corrected chi connectivity index (χ4v) is 4.22. The zero-order chi connectivity index (χ0) is 16.8. The maximum Gasteiger partial charge on any atom is 0.195 e. The molecule has 0 atom stereocenters. The number of benzene rings is 2. The molecule has 0 spiro atoms. The third-order valence-corrected chi connectivity index (χ3v) is 5.48. The average Bonchev–Trinajstić information content (AvgIpc) is 3.05. The zero-order valence-electron chi connectivity index (χ0n) is 14.4. The summed E-state index contributed by atoms with van der Waals surface area (Å²) < 4.78 is 2.31. The summed E-state index contributed by atoms with van der Waals surface area (Å²) in [5.41, 5.74) is 8.53. The van der Waals surface area contributed by atoms with E-state index in [0.29, 0.717) is 0 Å². The van der Waals surface area contributed by atoms with Crippen molar-refractivity contribution < 1.29 is 0 Å². The van der Waals surface area contributed by atoms with Gasteiger partial charge >= 0.3 is 0 Å². The van der Waals surface area contributed by atoms with Gasteiger partial charge in [0.25, 0.3) is 0 Å². The van der Waals surface area contributed by atoms with Gasteiger partial charge in [0.15, 0.2) is 4.96 Å². The van der Waals surface area contributed by atoms with Gasteiger partial charge in [-0.25, -0.2) is 4.98 Å². The number of hydrogen-bond acceptors (Lipinski definition) is 2. The van der Waals surface area contributed by atoms with Gasteiger partial charge in [-0.2, -0.15) is 0 Å². The summed E-state index contributed by atoms with van der Waals surface area (Å²) in [4.78, 5) is 7.29. The first-order valence-electron chi connectivity index (χ1n) is 8.17. The molecule has 0 unspecified atom stereocenters. The van der Waals surface area contributed by atoms with Crippen molar-refractivity contribution in [2.45, 2.75) is 27.7 Å². The van der Waals surface area contributed by atoms with Crippen molar-refractivity contribution in [3.63, 3.8) is 0 Å². The Morgan fingerprint density at radius 3 is 1.88 bits per heavy atom. The van der Waals surface area contributed by atoms with Crippen molar-refractivity contribution in [3.8, 4) is 22.5 Å². The molecule has 4 rings (SSSR count). The van der Waals surface area contributed by atoms with Gasteiger partial charge < -0.3 is 0 Å². The van der Waals surface area contributed by atoms with Crippen LogP contribution < -0.4 is 0 Å². The summed E-state index contributed by atoms with van der Waals surface area (Å²) >= 11 is 1.76. The number of thiazole rings is 1. The van der Waals surface area contributed by atoms with E-state index in [1.807, 2.05) is 0 Å². The van der Waals surface area contributed by atoms with Crippen molar-refractivity contribution in [1.29, 1.82) is 0 Å². The normalized spacial score (nSPS) is 11.3. The Morgan fingerprint density at radius 2 is 1.29 bits per heavy atom. The minimum atomic E-state index is 1.07. The molecule has 0 aliphatic carbocycles. The van der Waals surface area contributed by atoms with E-state index in [2.05, 4.69) is 80.6 Å². The lowest BCUT2D eigenvalue weighted by atomic mass is 10.1. The van der Waals surface area contributed by atoms with Crippen LogP contribution in [0.4, 0.5) is 0 Å². The second-order valence-electron chi connectivity index (χ2n) is 6.40. The van der Waals surface area contributed by atoms with E-state index in [-0.39, 0.29) is 0 Å². The van der Waals surface area contributed by atoms with Crippen LogP contribution in [-0.4, -0.2) is 9.38 Å². The minimum Gasteiger partial charge on any atom is -0.287 e. The molecule has 0 saturated heterocycles. The van der Waals surface area contributed by atoms with Gasteiger partial charge in [-0.05, 0) is 33.3 Å². The van der Waals surface area contributed by atoms with E-state index >= 15 is 0 Å². The molecule has 2 aromatic heterocycles. The third kappa shape index (κ3) is 2.36. The number of aromatic nitrogens is 2. The first-order valence-corrected chi connectivity index (χ1v) is 8.99. The van der Waals surface area contributed by atoms with Crippen LogP contribution in [0.1, 0.15) is 21.7 Å². The third-order valence-electron chi connectivity index (χ3n) is 4.53. The Hall–Kier alpha value is -2.39. The van der Waals surface area contributed by atoms with Gasteiger partial charge in [-0.15, -0.1) is 11.3 Å². The maximum absolute atomic E-state index is 4.92. The number of rotatable bonds is 2. The largest absolute Gasteiger partial charge is 0.287 e. The molecule has 2 aromatic carbocycles. The molecule has 2 heterocycles. The molecule has 24 heavy (non-hydrogen) atoms. The van der Waals surface area contributed by atoms with Crippen LogP contribution in [0.5, 0.6) is 0 Å². The van der Waals surface area contributed by atoms with Gasteiger partial charge in [-0.1, -0.05) is 59.7 Å². The van der Waals surface area contributed by atoms with Crippen LogP contribution in [0.25, 0.3) is 27.5 Å². The Balaban J connectivity index is 1.94. The number of hydrogen-bond donors (Lipinski definition) is 0. The van der Waals surface area contributed by atoms with E-state index < -0.39 is 0 Å². The Bertz CT molecular complexity index is 1020. The van der Waals surface area contributed by atoms with Crippen LogP contribution in [0.3, 0.4) is 0 Å². The van der Waals surface area contributed by atoms with E-state index in [1.165, 1.54) is 38.5 Å². The molecular formula is C21H20N2S. The number of fused-ring (bicyclic) bond motifs is 1. The summed E-state index contributed by atoms with van der Waals surface area (Å²) in [7, 11) is 0. The number of aryl methyl sites for hydroxylation is 4. The topological polar surface area (TPSA) is 17.3 Å². The molecule has 4 aromatic rings. The first kappa shape index (κ1) is 15.2. The molecule has 2 nitrogen and oxygen atoms in total. The first-order chi connectivity index (χ1) is 11.5. The van der Waals surface area contributed by atoms with E-state index in [9.17, 15) is 0 Å².